The second-order valence-electron chi connectivity index (χ2n) is 6.88. The van der Waals surface area contributed by atoms with Crippen LogP contribution in [0.5, 0.6) is 0 Å². The van der Waals surface area contributed by atoms with Gasteiger partial charge in [0.25, 0.3) is 0 Å². The van der Waals surface area contributed by atoms with E-state index in [2.05, 4.69) is 5.32 Å². The van der Waals surface area contributed by atoms with E-state index in [1.165, 1.54) is 0 Å². The number of hydrogen-bond acceptors (Lipinski definition) is 6. The van der Waals surface area contributed by atoms with Gasteiger partial charge in [-0.25, -0.2) is 4.79 Å². The van der Waals surface area contributed by atoms with Crippen molar-refractivity contribution >= 4 is 24.1 Å². The number of allylic oxidation sites excluding steroid dienone is 1. The molecule has 7 nitrogen and oxygen atoms in total. The molecular weight excluding hydrogens is 302 g/mol. The average molecular weight is 327 g/mol. The minimum Gasteiger partial charge on any atom is -0.460 e. The average Bonchev–Trinajstić information content (AvgIpc) is 2.31. The third-order valence-electron chi connectivity index (χ3n) is 2.12. The molecule has 7 heteroatoms. The second-order valence-corrected chi connectivity index (χ2v) is 6.88. The van der Waals surface area contributed by atoms with Gasteiger partial charge < -0.3 is 14.8 Å². The lowest BCUT2D eigenvalue weighted by atomic mass is 10.1. The Hall–Kier alpha value is -2.18. The molecule has 0 unspecified atom stereocenters. The fraction of sp³-hybridized carbons (Fsp3) is 0.625. The lowest BCUT2D eigenvalue weighted by Crippen LogP contribution is -2.45. The molecule has 0 aliphatic carbocycles. The van der Waals surface area contributed by atoms with Gasteiger partial charge in [-0.2, -0.15) is 0 Å². The molecule has 0 aliphatic heterocycles. The van der Waals surface area contributed by atoms with Gasteiger partial charge in [0.2, 0.25) is 5.91 Å². The number of ether oxygens (including phenoxy) is 2. The lowest BCUT2D eigenvalue weighted by molar-refractivity contribution is -0.165. The van der Waals surface area contributed by atoms with Crippen LogP contribution in [0.15, 0.2) is 12.2 Å². The van der Waals surface area contributed by atoms with Crippen molar-refractivity contribution in [2.24, 2.45) is 0 Å². The summed E-state index contributed by atoms with van der Waals surface area (Å²) in [4.78, 5) is 45.9. The van der Waals surface area contributed by atoms with Gasteiger partial charge in [-0.05, 0) is 47.6 Å². The Morgan fingerprint density at radius 1 is 1.00 bits per heavy atom. The van der Waals surface area contributed by atoms with Crippen LogP contribution in [0.2, 0.25) is 0 Å². The van der Waals surface area contributed by atoms with E-state index in [0.717, 1.165) is 12.2 Å². The Bertz CT molecular complexity index is 482. The Morgan fingerprint density at radius 3 is 1.96 bits per heavy atom. The third kappa shape index (κ3) is 11.1. The van der Waals surface area contributed by atoms with Gasteiger partial charge in [0, 0.05) is 6.08 Å². The monoisotopic (exact) mass is 327 g/mol. The van der Waals surface area contributed by atoms with Crippen LogP contribution in [0.25, 0.3) is 0 Å². The maximum Gasteiger partial charge on any atom is 0.329 e. The van der Waals surface area contributed by atoms with E-state index in [1.807, 2.05) is 0 Å². The first kappa shape index (κ1) is 20.8. The van der Waals surface area contributed by atoms with Crippen LogP contribution < -0.4 is 5.32 Å². The summed E-state index contributed by atoms with van der Waals surface area (Å²) >= 11 is 0. The smallest absolute Gasteiger partial charge is 0.329 e. The molecule has 0 saturated heterocycles. The summed E-state index contributed by atoms with van der Waals surface area (Å²) in [5, 5.41) is 2.33. The minimum absolute atomic E-state index is 0.368. The molecule has 130 valence electrons. The van der Waals surface area contributed by atoms with E-state index in [1.54, 1.807) is 41.5 Å². The number of carbonyl (C=O) groups excluding carboxylic acids is 4. The van der Waals surface area contributed by atoms with E-state index in [0.29, 0.717) is 6.29 Å². The second kappa shape index (κ2) is 8.45. The topological polar surface area (TPSA) is 98.8 Å². The minimum atomic E-state index is -1.20. The maximum absolute atomic E-state index is 12.1. The van der Waals surface area contributed by atoms with Gasteiger partial charge in [-0.15, -0.1) is 0 Å². The summed E-state index contributed by atoms with van der Waals surface area (Å²) in [7, 11) is 0. The molecule has 0 fully saturated rings. The van der Waals surface area contributed by atoms with E-state index in [4.69, 9.17) is 9.47 Å². The molecule has 0 bridgehead atoms. The number of esters is 2. The molecule has 0 aromatic rings. The van der Waals surface area contributed by atoms with Crippen molar-refractivity contribution in [3.63, 3.8) is 0 Å². The molecule has 1 atom stereocenters. The highest BCUT2D eigenvalue weighted by atomic mass is 16.6. The molecule has 1 amide bonds. The van der Waals surface area contributed by atoms with Crippen LogP contribution in [0, 0.1) is 0 Å². The number of carbonyl (C=O) groups is 4. The molecule has 0 heterocycles. The zero-order valence-corrected chi connectivity index (χ0v) is 14.5. The van der Waals surface area contributed by atoms with Gasteiger partial charge in [-0.3, -0.25) is 14.4 Å². The first-order valence-electron chi connectivity index (χ1n) is 7.21. The van der Waals surface area contributed by atoms with Gasteiger partial charge in [0.15, 0.2) is 0 Å². The van der Waals surface area contributed by atoms with E-state index in [-0.39, 0.29) is 6.42 Å². The molecule has 0 radical (unpaired) electrons. The Kier molecular flexibility index (Phi) is 7.65. The highest BCUT2D eigenvalue weighted by Gasteiger charge is 2.30. The van der Waals surface area contributed by atoms with Crippen LogP contribution in [0.3, 0.4) is 0 Å². The number of rotatable bonds is 6. The van der Waals surface area contributed by atoms with Crippen molar-refractivity contribution in [1.29, 1.82) is 0 Å². The molecule has 0 aliphatic rings. The maximum atomic E-state index is 12.1. The number of amides is 1. The molecule has 1 N–H and O–H groups in total. The van der Waals surface area contributed by atoms with Crippen molar-refractivity contribution in [3.05, 3.63) is 12.2 Å². The highest BCUT2D eigenvalue weighted by molar-refractivity contribution is 5.95. The van der Waals surface area contributed by atoms with Crippen LogP contribution in [0.4, 0.5) is 0 Å². The Balaban J connectivity index is 5.03. The van der Waals surface area contributed by atoms with Gasteiger partial charge in [0.05, 0.1) is 6.42 Å². The Morgan fingerprint density at radius 2 is 1.52 bits per heavy atom. The van der Waals surface area contributed by atoms with Crippen LogP contribution in [-0.4, -0.2) is 41.4 Å². The van der Waals surface area contributed by atoms with Crippen molar-refractivity contribution < 1.29 is 28.7 Å². The molecular formula is C16H25NO6. The fourth-order valence-electron chi connectivity index (χ4n) is 1.46. The summed E-state index contributed by atoms with van der Waals surface area (Å²) in [6.07, 6.45) is 2.00. The molecule has 0 aromatic carbocycles. The number of hydrogen-bond donors (Lipinski definition) is 1. The standard InChI is InChI=1S/C16H25NO6/c1-15(2,3)22-13(20)10-11(14(21)23-16(4,5)6)17-12(19)8-7-9-18/h7-9,11H,10H2,1-6H3,(H,17,19)/t11-/m0/s1. The van der Waals surface area contributed by atoms with Crippen LogP contribution in [0.1, 0.15) is 48.0 Å². The first-order valence-corrected chi connectivity index (χ1v) is 7.21. The van der Waals surface area contributed by atoms with Crippen molar-refractivity contribution in [1.82, 2.24) is 5.32 Å². The molecule has 0 aromatic heterocycles. The van der Waals surface area contributed by atoms with Gasteiger partial charge in [-0.1, -0.05) is 0 Å². The summed E-state index contributed by atoms with van der Waals surface area (Å²) in [5.74, 6) is -2.08. The molecule has 0 spiro atoms. The summed E-state index contributed by atoms with van der Waals surface area (Å²) in [5.41, 5.74) is -1.48. The quantitative estimate of drug-likeness (QED) is 0.448. The van der Waals surface area contributed by atoms with Crippen LogP contribution in [-0.2, 0) is 28.7 Å². The van der Waals surface area contributed by atoms with Gasteiger partial charge in [0.1, 0.15) is 23.5 Å². The summed E-state index contributed by atoms with van der Waals surface area (Å²) in [6.45, 7) is 10.1. The van der Waals surface area contributed by atoms with E-state index < -0.39 is 35.1 Å². The third-order valence-corrected chi connectivity index (χ3v) is 2.12. The predicted octanol–water partition coefficient (Wildman–Crippen LogP) is 1.30. The number of aldehydes is 1. The normalized spacial score (nSPS) is 13.3. The molecule has 0 rings (SSSR count). The zero-order valence-electron chi connectivity index (χ0n) is 14.5. The van der Waals surface area contributed by atoms with E-state index in [9.17, 15) is 19.2 Å². The summed E-state index contributed by atoms with van der Waals surface area (Å²) in [6, 6.07) is -1.20. The fourth-order valence-corrected chi connectivity index (χ4v) is 1.46. The van der Waals surface area contributed by atoms with E-state index >= 15 is 0 Å². The van der Waals surface area contributed by atoms with Crippen LogP contribution >= 0.6 is 0 Å². The summed E-state index contributed by atoms with van der Waals surface area (Å²) < 4.78 is 10.3. The van der Waals surface area contributed by atoms with Crippen molar-refractivity contribution in [3.8, 4) is 0 Å². The van der Waals surface area contributed by atoms with Crippen molar-refractivity contribution in [2.45, 2.75) is 65.2 Å². The first-order chi connectivity index (χ1) is 10.3. The SMILES string of the molecule is CC(C)(C)OC(=O)C[C@H](NC(=O)C=CC=O)C(=O)OC(C)(C)C. The molecule has 23 heavy (non-hydrogen) atoms. The van der Waals surface area contributed by atoms with Crippen molar-refractivity contribution in [2.75, 3.05) is 0 Å². The highest BCUT2D eigenvalue weighted by Crippen LogP contribution is 2.13. The molecule has 0 saturated carbocycles. The van der Waals surface area contributed by atoms with Gasteiger partial charge >= 0.3 is 11.9 Å². The zero-order chi connectivity index (χ0) is 18.3. The largest absolute Gasteiger partial charge is 0.460 e. The predicted molar refractivity (Wildman–Crippen MR) is 83.4 cm³/mol. The number of nitrogens with one attached hydrogen (secondary N) is 1. The Labute approximate surface area is 136 Å². The lowest BCUT2D eigenvalue weighted by Gasteiger charge is -2.25.